The Morgan fingerprint density at radius 3 is 2.22 bits per heavy atom. The van der Waals surface area contributed by atoms with Gasteiger partial charge in [0.2, 0.25) is 0 Å². The zero-order valence-electron chi connectivity index (χ0n) is 16.4. The van der Waals surface area contributed by atoms with Crippen molar-refractivity contribution in [1.29, 1.82) is 5.41 Å². The molecule has 0 atom stereocenters. The monoisotopic (exact) mass is 483 g/mol. The second-order valence-corrected chi connectivity index (χ2v) is 8.11. The molecule has 6 nitrogen and oxygen atoms in total. The summed E-state index contributed by atoms with van der Waals surface area (Å²) in [6.07, 6.45) is 0.967. The zero-order chi connectivity index (χ0) is 22.8. The number of rotatable bonds is 5. The number of hydrogen-bond acceptors (Lipinski definition) is 5. The maximum absolute atomic E-state index is 13.5. The van der Waals surface area contributed by atoms with Gasteiger partial charge in [0.25, 0.3) is 5.56 Å². The molecule has 1 aromatic heterocycles. The first-order valence-electron chi connectivity index (χ1n) is 9.39. The van der Waals surface area contributed by atoms with Crippen LogP contribution in [0.1, 0.15) is 5.56 Å². The molecular weight excluding hydrogens is 469 g/mol. The van der Waals surface area contributed by atoms with E-state index >= 15 is 0 Å². The van der Waals surface area contributed by atoms with Crippen molar-refractivity contribution >= 4 is 58.2 Å². The molecule has 0 aliphatic rings. The summed E-state index contributed by atoms with van der Waals surface area (Å²) in [5, 5.41) is 12.3. The molecule has 0 fully saturated rings. The molecule has 0 aliphatic heterocycles. The Hall–Kier alpha value is -3.32. The van der Waals surface area contributed by atoms with Crippen molar-refractivity contribution in [1.82, 2.24) is 9.55 Å². The number of nitrogens with one attached hydrogen (secondary N) is 2. The van der Waals surface area contributed by atoms with Gasteiger partial charge in [0.15, 0.2) is 5.82 Å². The summed E-state index contributed by atoms with van der Waals surface area (Å²) in [6, 6.07) is 18.6. The summed E-state index contributed by atoms with van der Waals surface area (Å²) in [5.41, 5.74) is 7.66. The van der Waals surface area contributed by atoms with Crippen LogP contribution in [-0.2, 0) is 0 Å². The molecule has 0 saturated heterocycles. The lowest BCUT2D eigenvalue weighted by Gasteiger charge is -2.18. The number of hydrogen-bond donors (Lipinski definition) is 3. The Kier molecular flexibility index (Phi) is 6.19. The van der Waals surface area contributed by atoms with Crippen LogP contribution in [0.4, 0.5) is 17.2 Å². The summed E-state index contributed by atoms with van der Waals surface area (Å²) in [6.45, 7) is 0. The van der Waals surface area contributed by atoms with E-state index in [1.165, 1.54) is 4.57 Å². The second-order valence-electron chi connectivity index (χ2n) is 6.83. The highest BCUT2D eigenvalue weighted by atomic mass is 35.5. The van der Waals surface area contributed by atoms with Gasteiger partial charge in [-0.3, -0.25) is 9.36 Å². The lowest BCUT2D eigenvalue weighted by atomic mass is 10.1. The molecule has 160 valence electrons. The van der Waals surface area contributed by atoms with Crippen LogP contribution in [0.15, 0.2) is 71.5 Å². The van der Waals surface area contributed by atoms with E-state index in [4.69, 9.17) is 50.9 Å². The van der Waals surface area contributed by atoms with Crippen LogP contribution in [0.5, 0.6) is 0 Å². The molecule has 4 aromatic rings. The molecule has 1 heterocycles. The Labute approximate surface area is 198 Å². The molecule has 0 spiro atoms. The minimum atomic E-state index is -0.448. The highest BCUT2D eigenvalue weighted by Crippen LogP contribution is 2.32. The van der Waals surface area contributed by atoms with Gasteiger partial charge in [-0.15, -0.1) is 0 Å². The minimum Gasteiger partial charge on any atom is -0.399 e. The Morgan fingerprint density at radius 2 is 1.59 bits per heavy atom. The number of nitrogens with two attached hydrogens (primary N) is 1. The number of halogens is 3. The molecule has 3 aromatic carbocycles. The third-order valence-corrected chi connectivity index (χ3v) is 5.49. The SMILES string of the molecule is N=Cc1c(Nc2ccc(N)cc2)nc(-c2ccc(Cl)cc2Cl)n(-c2ccc(Cl)cc2)c1=O. The van der Waals surface area contributed by atoms with Gasteiger partial charge >= 0.3 is 0 Å². The van der Waals surface area contributed by atoms with Crippen LogP contribution in [0.25, 0.3) is 17.1 Å². The van der Waals surface area contributed by atoms with Gasteiger partial charge in [0, 0.05) is 33.2 Å². The second kappa shape index (κ2) is 9.04. The number of benzene rings is 3. The van der Waals surface area contributed by atoms with E-state index in [0.29, 0.717) is 37.7 Å². The van der Waals surface area contributed by atoms with Gasteiger partial charge < -0.3 is 16.5 Å². The van der Waals surface area contributed by atoms with Crippen molar-refractivity contribution in [3.05, 3.63) is 97.7 Å². The lowest BCUT2D eigenvalue weighted by molar-refractivity contribution is 0.948. The van der Waals surface area contributed by atoms with Crippen molar-refractivity contribution in [3.63, 3.8) is 0 Å². The van der Waals surface area contributed by atoms with Crippen LogP contribution in [0, 0.1) is 5.41 Å². The largest absolute Gasteiger partial charge is 0.399 e. The van der Waals surface area contributed by atoms with Crippen molar-refractivity contribution in [3.8, 4) is 17.1 Å². The molecular formula is C23H16Cl3N5O. The Balaban J connectivity index is 2.00. The molecule has 4 N–H and O–H groups in total. The summed E-state index contributed by atoms with van der Waals surface area (Å²) in [4.78, 5) is 18.2. The van der Waals surface area contributed by atoms with E-state index in [1.54, 1.807) is 66.7 Å². The van der Waals surface area contributed by atoms with Gasteiger partial charge in [-0.1, -0.05) is 34.8 Å². The van der Waals surface area contributed by atoms with E-state index in [2.05, 4.69) is 5.32 Å². The van der Waals surface area contributed by atoms with Crippen molar-refractivity contribution in [2.24, 2.45) is 0 Å². The number of anilines is 3. The van der Waals surface area contributed by atoms with Gasteiger partial charge in [-0.25, -0.2) is 4.98 Å². The van der Waals surface area contributed by atoms with Crippen LogP contribution in [-0.4, -0.2) is 15.8 Å². The van der Waals surface area contributed by atoms with Crippen molar-refractivity contribution in [2.75, 3.05) is 11.1 Å². The number of nitrogen functional groups attached to an aromatic ring is 1. The molecule has 0 bridgehead atoms. The van der Waals surface area contributed by atoms with Crippen molar-refractivity contribution < 1.29 is 0 Å². The quantitative estimate of drug-likeness (QED) is 0.233. The number of nitrogens with zero attached hydrogens (tertiary/aromatic N) is 2. The molecule has 32 heavy (non-hydrogen) atoms. The van der Waals surface area contributed by atoms with Gasteiger partial charge in [0.1, 0.15) is 11.4 Å². The van der Waals surface area contributed by atoms with Gasteiger partial charge in [0.05, 0.1) is 10.7 Å². The minimum absolute atomic E-state index is 0.0746. The highest BCUT2D eigenvalue weighted by Gasteiger charge is 2.20. The summed E-state index contributed by atoms with van der Waals surface area (Å²) in [7, 11) is 0. The molecule has 0 saturated carbocycles. The Bertz CT molecular complexity index is 1370. The summed E-state index contributed by atoms with van der Waals surface area (Å²) in [5.74, 6) is 0.489. The number of aromatic nitrogens is 2. The smallest absolute Gasteiger partial charge is 0.269 e. The van der Waals surface area contributed by atoms with E-state index in [1.807, 2.05) is 0 Å². The summed E-state index contributed by atoms with van der Waals surface area (Å²) >= 11 is 18.6. The van der Waals surface area contributed by atoms with Gasteiger partial charge in [-0.05, 0) is 66.7 Å². The molecule has 0 unspecified atom stereocenters. The van der Waals surface area contributed by atoms with Crippen LogP contribution >= 0.6 is 34.8 Å². The van der Waals surface area contributed by atoms with E-state index in [9.17, 15) is 4.79 Å². The average molecular weight is 485 g/mol. The van der Waals surface area contributed by atoms with Crippen LogP contribution in [0.2, 0.25) is 15.1 Å². The maximum atomic E-state index is 13.5. The molecule has 9 heteroatoms. The topological polar surface area (TPSA) is 96.8 Å². The van der Waals surface area contributed by atoms with E-state index in [0.717, 1.165) is 6.21 Å². The molecule has 0 radical (unpaired) electrons. The average Bonchev–Trinajstić information content (AvgIpc) is 2.76. The fourth-order valence-electron chi connectivity index (χ4n) is 3.14. The lowest BCUT2D eigenvalue weighted by Crippen LogP contribution is -2.26. The first-order chi connectivity index (χ1) is 15.4. The van der Waals surface area contributed by atoms with Crippen LogP contribution < -0.4 is 16.6 Å². The fourth-order valence-corrected chi connectivity index (χ4v) is 3.76. The predicted octanol–water partition coefficient (Wildman–Crippen LogP) is 6.18. The first-order valence-corrected chi connectivity index (χ1v) is 10.5. The molecule has 4 rings (SSSR count). The normalized spacial score (nSPS) is 10.7. The Morgan fingerprint density at radius 1 is 0.938 bits per heavy atom. The summed E-state index contributed by atoms with van der Waals surface area (Å²) < 4.78 is 1.39. The zero-order valence-corrected chi connectivity index (χ0v) is 18.7. The third-order valence-electron chi connectivity index (χ3n) is 4.69. The molecule has 0 amide bonds. The third kappa shape index (κ3) is 4.34. The fraction of sp³-hybridized carbons (Fsp3) is 0. The van der Waals surface area contributed by atoms with E-state index in [-0.39, 0.29) is 17.2 Å². The first kappa shape index (κ1) is 21.9. The van der Waals surface area contributed by atoms with E-state index < -0.39 is 5.56 Å². The molecule has 0 aliphatic carbocycles. The maximum Gasteiger partial charge on any atom is 0.269 e. The van der Waals surface area contributed by atoms with Crippen molar-refractivity contribution in [2.45, 2.75) is 0 Å². The predicted molar refractivity (Wildman–Crippen MR) is 132 cm³/mol. The highest BCUT2D eigenvalue weighted by molar-refractivity contribution is 6.36. The van der Waals surface area contributed by atoms with Gasteiger partial charge in [-0.2, -0.15) is 0 Å². The van der Waals surface area contributed by atoms with Crippen LogP contribution in [0.3, 0.4) is 0 Å². The standard InChI is InChI=1S/C23H16Cl3N5O/c24-13-1-8-17(9-2-13)31-22(18-10-3-14(25)11-20(18)26)30-21(19(12-27)23(31)32)29-16-6-4-15(28)5-7-16/h1-12,27,29H,28H2.